The van der Waals surface area contributed by atoms with Gasteiger partial charge in [-0.25, -0.2) is 0 Å². The van der Waals surface area contributed by atoms with E-state index in [0.29, 0.717) is 0 Å². The van der Waals surface area contributed by atoms with E-state index < -0.39 is 0 Å². The van der Waals surface area contributed by atoms with E-state index in [9.17, 15) is 0 Å². The molecule has 306 valence electrons. The summed E-state index contributed by atoms with van der Waals surface area (Å²) < 4.78 is 0. The van der Waals surface area contributed by atoms with Gasteiger partial charge in [-0.2, -0.15) is 0 Å². The fraction of sp³-hybridized carbons (Fsp3) is 0.133. The van der Waals surface area contributed by atoms with E-state index in [2.05, 4.69) is 259 Å². The van der Waals surface area contributed by atoms with Gasteiger partial charge in [0.05, 0.1) is 11.4 Å². The highest BCUT2D eigenvalue weighted by Crippen LogP contribution is 2.44. The van der Waals surface area contributed by atoms with Crippen LogP contribution in [-0.2, 0) is 0 Å². The van der Waals surface area contributed by atoms with Crippen molar-refractivity contribution in [2.75, 3.05) is 9.80 Å². The number of anilines is 6. The van der Waals surface area contributed by atoms with Crippen LogP contribution in [0.2, 0.25) is 0 Å². The van der Waals surface area contributed by atoms with Crippen molar-refractivity contribution in [2.24, 2.45) is 0 Å². The molecule has 0 saturated heterocycles. The number of nitrogens with zero attached hydrogens (tertiary/aromatic N) is 2. The highest BCUT2D eigenvalue weighted by Gasteiger charge is 2.22. The predicted molar refractivity (Wildman–Crippen MR) is 270 cm³/mol. The van der Waals surface area contributed by atoms with Crippen LogP contribution in [0, 0.1) is 55.4 Å². The molecule has 0 aliphatic carbocycles. The summed E-state index contributed by atoms with van der Waals surface area (Å²) in [6, 6.07) is 61.8. The molecule has 8 aromatic carbocycles. The number of benzene rings is 8. The van der Waals surface area contributed by atoms with Crippen LogP contribution in [0.25, 0.3) is 35.4 Å². The van der Waals surface area contributed by atoms with Gasteiger partial charge in [0.25, 0.3) is 0 Å². The quantitative estimate of drug-likeness (QED) is 0.120. The molecule has 0 bridgehead atoms. The highest BCUT2D eigenvalue weighted by atomic mass is 15.2. The number of hydrogen-bond acceptors (Lipinski definition) is 2. The first kappa shape index (κ1) is 41.6. The molecule has 0 aromatic heterocycles. The smallest absolute Gasteiger partial charge is 0.0520 e. The van der Waals surface area contributed by atoms with E-state index >= 15 is 0 Å². The normalized spacial score (nSPS) is 11.4. The Balaban J connectivity index is 1.14. The molecule has 8 rings (SSSR count). The van der Waals surface area contributed by atoms with Crippen LogP contribution >= 0.6 is 0 Å². The van der Waals surface area contributed by atoms with Gasteiger partial charge in [-0.1, -0.05) is 157 Å². The third-order valence-corrected chi connectivity index (χ3v) is 11.8. The number of hydrogen-bond donors (Lipinski definition) is 0. The minimum absolute atomic E-state index is 1.13. The Bertz CT molecular complexity index is 2650. The Morgan fingerprint density at radius 3 is 0.903 bits per heavy atom. The van der Waals surface area contributed by atoms with Crippen molar-refractivity contribution in [3.05, 3.63) is 237 Å². The van der Waals surface area contributed by atoms with Crippen molar-refractivity contribution in [1.29, 1.82) is 0 Å². The molecule has 0 unspecified atom stereocenters. The predicted octanol–water partition coefficient (Wildman–Crippen LogP) is 17.1. The molecule has 0 aliphatic rings. The average molecular weight is 805 g/mol. The number of aryl methyl sites for hydroxylation is 8. The Morgan fingerprint density at radius 2 is 0.597 bits per heavy atom. The van der Waals surface area contributed by atoms with Gasteiger partial charge in [0.15, 0.2) is 0 Å². The van der Waals surface area contributed by atoms with Crippen LogP contribution in [0.5, 0.6) is 0 Å². The molecule has 62 heavy (non-hydrogen) atoms. The third kappa shape index (κ3) is 9.11. The van der Waals surface area contributed by atoms with Crippen molar-refractivity contribution in [3.63, 3.8) is 0 Å². The molecule has 0 aliphatic heterocycles. The maximum atomic E-state index is 2.44. The van der Waals surface area contributed by atoms with E-state index in [1.54, 1.807) is 0 Å². The maximum absolute atomic E-state index is 2.44. The first-order chi connectivity index (χ1) is 30.0. The van der Waals surface area contributed by atoms with Crippen LogP contribution in [0.15, 0.2) is 170 Å². The highest BCUT2D eigenvalue weighted by molar-refractivity contribution is 5.87. The molecule has 0 fully saturated rings. The first-order valence-corrected chi connectivity index (χ1v) is 21.7. The Labute approximate surface area is 369 Å². The minimum atomic E-state index is 1.13. The summed E-state index contributed by atoms with van der Waals surface area (Å²) in [5, 5.41) is 0. The lowest BCUT2D eigenvalue weighted by molar-refractivity contribution is 1.18. The summed E-state index contributed by atoms with van der Waals surface area (Å²) in [6.07, 6.45) is 8.71. The van der Waals surface area contributed by atoms with Gasteiger partial charge in [0, 0.05) is 22.7 Å². The molecule has 0 amide bonds. The van der Waals surface area contributed by atoms with Gasteiger partial charge in [0.2, 0.25) is 0 Å². The lowest BCUT2D eigenvalue weighted by Gasteiger charge is -2.31. The summed E-state index contributed by atoms with van der Waals surface area (Å²) in [5.41, 5.74) is 24.2. The zero-order valence-corrected chi connectivity index (χ0v) is 37.4. The molecule has 2 nitrogen and oxygen atoms in total. The maximum Gasteiger partial charge on any atom is 0.0520 e. The number of rotatable bonds is 11. The molecule has 0 radical (unpaired) electrons. The summed E-state index contributed by atoms with van der Waals surface area (Å²) in [7, 11) is 0. The topological polar surface area (TPSA) is 6.48 Å². The van der Waals surface area contributed by atoms with Crippen LogP contribution < -0.4 is 9.80 Å². The van der Waals surface area contributed by atoms with Crippen LogP contribution in [0.1, 0.15) is 66.8 Å². The standard InChI is InChI=1S/C60H56N2/c1-41-35-45(5)59(46(6)36-41)61(55-29-23-51(24-30-55)21-19-49-15-11-9-12-16-49)57-33-27-53(39-43(57)3)54-28-34-58(44(4)40-54)62(60-47(7)37-42(2)38-48(60)8)56-31-25-52(26-32-56)22-20-50-17-13-10-14-18-50/h9-40H,1-8H3. The minimum Gasteiger partial charge on any atom is -0.310 e. The summed E-state index contributed by atoms with van der Waals surface area (Å²) >= 11 is 0. The van der Waals surface area contributed by atoms with Crippen molar-refractivity contribution < 1.29 is 0 Å². The molecular weight excluding hydrogens is 749 g/mol. The second kappa shape index (κ2) is 18.2. The SMILES string of the molecule is Cc1cc(C)c(N(c2ccc(C=Cc3ccccc3)cc2)c2ccc(-c3ccc(N(c4ccc(C=Cc5ccccc5)cc4)c4c(C)cc(C)cc4C)c(C)c3)cc2C)c(C)c1. The van der Waals surface area contributed by atoms with Gasteiger partial charge in [0.1, 0.15) is 0 Å². The molecule has 0 N–H and O–H groups in total. The van der Waals surface area contributed by atoms with Crippen molar-refractivity contribution in [1.82, 2.24) is 0 Å². The monoisotopic (exact) mass is 804 g/mol. The van der Waals surface area contributed by atoms with E-state index in [-0.39, 0.29) is 0 Å². The molecule has 0 saturated carbocycles. The zero-order valence-electron chi connectivity index (χ0n) is 37.4. The second-order valence-electron chi connectivity index (χ2n) is 16.8. The van der Waals surface area contributed by atoms with Crippen molar-refractivity contribution in [2.45, 2.75) is 55.4 Å². The molecule has 0 spiro atoms. The van der Waals surface area contributed by atoms with Gasteiger partial charge in [-0.3, -0.25) is 0 Å². The molecule has 0 heterocycles. The molecular formula is C60H56N2. The fourth-order valence-corrected chi connectivity index (χ4v) is 8.98. The van der Waals surface area contributed by atoms with Gasteiger partial charge in [-0.05, 0) is 171 Å². The van der Waals surface area contributed by atoms with Gasteiger partial charge < -0.3 is 9.80 Å². The Kier molecular flexibility index (Phi) is 12.2. The van der Waals surface area contributed by atoms with Crippen molar-refractivity contribution in [3.8, 4) is 11.1 Å². The van der Waals surface area contributed by atoms with Crippen LogP contribution in [-0.4, -0.2) is 0 Å². The largest absolute Gasteiger partial charge is 0.310 e. The summed E-state index contributed by atoms with van der Waals surface area (Å²) in [6.45, 7) is 17.8. The van der Waals surface area contributed by atoms with Crippen LogP contribution in [0.3, 0.4) is 0 Å². The Hall–Kier alpha value is -7.16. The summed E-state index contributed by atoms with van der Waals surface area (Å²) in [4.78, 5) is 4.88. The average Bonchev–Trinajstić information content (AvgIpc) is 3.26. The Morgan fingerprint density at radius 1 is 0.290 bits per heavy atom. The van der Waals surface area contributed by atoms with Crippen LogP contribution in [0.4, 0.5) is 34.1 Å². The third-order valence-electron chi connectivity index (χ3n) is 11.8. The molecule has 2 heteroatoms. The zero-order chi connectivity index (χ0) is 43.3. The first-order valence-electron chi connectivity index (χ1n) is 21.7. The molecule has 8 aromatic rings. The summed E-state index contributed by atoms with van der Waals surface area (Å²) in [5.74, 6) is 0. The fourth-order valence-electron chi connectivity index (χ4n) is 8.98. The van der Waals surface area contributed by atoms with Gasteiger partial charge >= 0.3 is 0 Å². The van der Waals surface area contributed by atoms with E-state index in [1.165, 1.54) is 101 Å². The van der Waals surface area contributed by atoms with E-state index in [1.807, 2.05) is 0 Å². The second-order valence-corrected chi connectivity index (χ2v) is 16.8. The lowest BCUT2D eigenvalue weighted by atomic mass is 9.97. The lowest BCUT2D eigenvalue weighted by Crippen LogP contribution is -2.14. The van der Waals surface area contributed by atoms with E-state index in [0.717, 1.165) is 11.4 Å². The van der Waals surface area contributed by atoms with Gasteiger partial charge in [-0.15, -0.1) is 0 Å². The van der Waals surface area contributed by atoms with E-state index in [4.69, 9.17) is 0 Å². The molecule has 0 atom stereocenters. The van der Waals surface area contributed by atoms with Crippen molar-refractivity contribution >= 4 is 58.4 Å².